The van der Waals surface area contributed by atoms with Gasteiger partial charge in [-0.1, -0.05) is 13.8 Å². The Kier molecular flexibility index (Phi) is 6.42. The van der Waals surface area contributed by atoms with Gasteiger partial charge in [-0.05, 0) is 24.3 Å². The second-order valence-corrected chi connectivity index (χ2v) is 4.10. The summed E-state index contributed by atoms with van der Waals surface area (Å²) < 4.78 is 0. The number of thioether (sulfide) groups is 1. The molecule has 0 spiro atoms. The molecule has 1 fully saturated rings. The van der Waals surface area contributed by atoms with E-state index < -0.39 is 0 Å². The van der Waals surface area contributed by atoms with Gasteiger partial charge in [-0.15, -0.1) is 0 Å². The number of amides is 1. The zero-order chi connectivity index (χ0) is 8.69. The Hall–Kier alpha value is -0.180. The molecule has 1 heterocycles. The molecule has 0 aromatic heterocycles. The fourth-order valence-corrected chi connectivity index (χ4v) is 1.53. The number of nitrogens with two attached hydrogens (primary N) is 1. The highest BCUT2D eigenvalue weighted by molar-refractivity contribution is 7.99. The standard InChI is InChI=1S/C4H9NO.C4H8S/c1-3(2)4(5)6;1-2-4-5-3-1/h3H,1-2H3,(H2,5,6);1-4H2. The molecule has 0 aliphatic carbocycles. The highest BCUT2D eigenvalue weighted by atomic mass is 32.2. The lowest BCUT2D eigenvalue weighted by Crippen LogP contribution is -2.17. The summed E-state index contributed by atoms with van der Waals surface area (Å²) in [6.07, 6.45) is 2.93. The second kappa shape index (κ2) is 6.53. The third-order valence-electron chi connectivity index (χ3n) is 1.40. The largest absolute Gasteiger partial charge is 0.369 e. The maximum Gasteiger partial charge on any atom is 0.219 e. The summed E-state index contributed by atoms with van der Waals surface area (Å²) in [5.41, 5.74) is 4.80. The van der Waals surface area contributed by atoms with Crippen molar-refractivity contribution in [2.45, 2.75) is 26.7 Å². The van der Waals surface area contributed by atoms with Crippen molar-refractivity contribution in [3.8, 4) is 0 Å². The maximum absolute atomic E-state index is 9.92. The van der Waals surface area contributed by atoms with Crippen LogP contribution < -0.4 is 5.73 Å². The molecule has 0 aromatic rings. The molecular weight excluding hydrogens is 158 g/mol. The van der Waals surface area contributed by atoms with Gasteiger partial charge in [-0.2, -0.15) is 11.8 Å². The number of hydrogen-bond donors (Lipinski definition) is 1. The Morgan fingerprint density at radius 3 is 1.82 bits per heavy atom. The van der Waals surface area contributed by atoms with Gasteiger partial charge < -0.3 is 5.73 Å². The van der Waals surface area contributed by atoms with Crippen molar-refractivity contribution in [2.24, 2.45) is 11.7 Å². The van der Waals surface area contributed by atoms with E-state index in [1.54, 1.807) is 13.8 Å². The van der Waals surface area contributed by atoms with E-state index in [1.165, 1.54) is 24.3 Å². The monoisotopic (exact) mass is 175 g/mol. The molecule has 1 saturated heterocycles. The number of carbonyl (C=O) groups excluding carboxylic acids is 1. The molecule has 1 aliphatic heterocycles. The normalized spacial score (nSPS) is 15.9. The Bertz CT molecular complexity index is 103. The van der Waals surface area contributed by atoms with Crippen molar-refractivity contribution in [3.05, 3.63) is 0 Å². The van der Waals surface area contributed by atoms with Gasteiger partial charge in [0.05, 0.1) is 0 Å². The quantitative estimate of drug-likeness (QED) is 0.658. The van der Waals surface area contributed by atoms with Crippen LogP contribution in [0.25, 0.3) is 0 Å². The molecular formula is C8H17NOS. The molecule has 66 valence electrons. The summed E-state index contributed by atoms with van der Waals surface area (Å²) in [5.74, 6) is 2.58. The minimum Gasteiger partial charge on any atom is -0.369 e. The third-order valence-corrected chi connectivity index (χ3v) is 2.55. The first kappa shape index (κ1) is 10.8. The van der Waals surface area contributed by atoms with E-state index in [0.29, 0.717) is 0 Å². The van der Waals surface area contributed by atoms with Crippen LogP contribution in [0.5, 0.6) is 0 Å². The molecule has 0 radical (unpaired) electrons. The smallest absolute Gasteiger partial charge is 0.219 e. The van der Waals surface area contributed by atoms with Gasteiger partial charge in [0.1, 0.15) is 0 Å². The third kappa shape index (κ3) is 7.72. The first-order valence-electron chi connectivity index (χ1n) is 4.01. The first-order valence-corrected chi connectivity index (χ1v) is 5.17. The maximum atomic E-state index is 9.92. The number of carbonyl (C=O) groups is 1. The number of rotatable bonds is 1. The van der Waals surface area contributed by atoms with Crippen LogP contribution in [0.4, 0.5) is 0 Å². The average Bonchev–Trinajstić information content (AvgIpc) is 2.41. The molecule has 1 rings (SSSR count). The summed E-state index contributed by atoms with van der Waals surface area (Å²) in [5, 5.41) is 0. The van der Waals surface area contributed by atoms with Crippen LogP contribution in [0.3, 0.4) is 0 Å². The summed E-state index contributed by atoms with van der Waals surface area (Å²) in [7, 11) is 0. The van der Waals surface area contributed by atoms with E-state index in [9.17, 15) is 4.79 Å². The van der Waals surface area contributed by atoms with Crippen molar-refractivity contribution >= 4 is 17.7 Å². The zero-order valence-electron chi connectivity index (χ0n) is 7.30. The van der Waals surface area contributed by atoms with E-state index in [1.807, 2.05) is 0 Å². The predicted molar refractivity (Wildman–Crippen MR) is 50.6 cm³/mol. The Balaban J connectivity index is 0.000000183. The number of primary amides is 1. The zero-order valence-corrected chi connectivity index (χ0v) is 8.12. The molecule has 0 atom stereocenters. The van der Waals surface area contributed by atoms with Crippen molar-refractivity contribution in [1.82, 2.24) is 0 Å². The van der Waals surface area contributed by atoms with E-state index in [2.05, 4.69) is 11.8 Å². The minimum atomic E-state index is -0.241. The van der Waals surface area contributed by atoms with Crippen LogP contribution in [0.15, 0.2) is 0 Å². The lowest BCUT2D eigenvalue weighted by Gasteiger charge is -1.90. The molecule has 0 saturated carbocycles. The van der Waals surface area contributed by atoms with Crippen LogP contribution in [-0.2, 0) is 4.79 Å². The summed E-state index contributed by atoms with van der Waals surface area (Å²) in [6, 6.07) is 0. The topological polar surface area (TPSA) is 43.1 Å². The van der Waals surface area contributed by atoms with Crippen LogP contribution in [0.2, 0.25) is 0 Å². The Morgan fingerprint density at radius 2 is 1.73 bits per heavy atom. The van der Waals surface area contributed by atoms with Gasteiger partial charge in [-0.3, -0.25) is 4.79 Å². The molecule has 1 amide bonds. The highest BCUT2D eigenvalue weighted by Crippen LogP contribution is 2.14. The van der Waals surface area contributed by atoms with Gasteiger partial charge in [0, 0.05) is 5.92 Å². The predicted octanol–water partition coefficient (Wildman–Crippen LogP) is 1.64. The van der Waals surface area contributed by atoms with Crippen LogP contribution in [0, 0.1) is 5.92 Å². The Morgan fingerprint density at radius 1 is 1.36 bits per heavy atom. The first-order chi connectivity index (χ1) is 5.14. The van der Waals surface area contributed by atoms with Crippen molar-refractivity contribution < 1.29 is 4.79 Å². The summed E-state index contributed by atoms with van der Waals surface area (Å²) in [6.45, 7) is 3.53. The van der Waals surface area contributed by atoms with E-state index in [4.69, 9.17) is 5.73 Å². The second-order valence-electron chi connectivity index (χ2n) is 2.88. The fraction of sp³-hybridized carbons (Fsp3) is 0.875. The highest BCUT2D eigenvalue weighted by Gasteiger charge is 1.96. The summed E-state index contributed by atoms with van der Waals surface area (Å²) in [4.78, 5) is 9.92. The fourth-order valence-electron chi connectivity index (χ4n) is 0.510. The molecule has 0 aromatic carbocycles. The summed E-state index contributed by atoms with van der Waals surface area (Å²) >= 11 is 2.07. The molecule has 11 heavy (non-hydrogen) atoms. The van der Waals surface area contributed by atoms with Gasteiger partial charge in [-0.25, -0.2) is 0 Å². The molecule has 0 bridgehead atoms. The molecule has 1 aliphatic rings. The van der Waals surface area contributed by atoms with Gasteiger partial charge in [0.15, 0.2) is 0 Å². The average molecular weight is 175 g/mol. The molecule has 0 unspecified atom stereocenters. The van der Waals surface area contributed by atoms with Gasteiger partial charge in [0.2, 0.25) is 5.91 Å². The van der Waals surface area contributed by atoms with Crippen molar-refractivity contribution in [3.63, 3.8) is 0 Å². The van der Waals surface area contributed by atoms with Crippen LogP contribution >= 0.6 is 11.8 Å². The van der Waals surface area contributed by atoms with Gasteiger partial charge in [0.25, 0.3) is 0 Å². The van der Waals surface area contributed by atoms with Crippen LogP contribution in [0.1, 0.15) is 26.7 Å². The Labute approximate surface area is 72.9 Å². The number of hydrogen-bond acceptors (Lipinski definition) is 2. The van der Waals surface area contributed by atoms with E-state index in [0.717, 1.165) is 0 Å². The SMILES string of the molecule is C1CCSC1.CC(C)C(N)=O. The molecule has 2 nitrogen and oxygen atoms in total. The lowest BCUT2D eigenvalue weighted by atomic mass is 10.2. The van der Waals surface area contributed by atoms with Crippen molar-refractivity contribution in [2.75, 3.05) is 11.5 Å². The van der Waals surface area contributed by atoms with Crippen molar-refractivity contribution in [1.29, 1.82) is 0 Å². The van der Waals surface area contributed by atoms with E-state index in [-0.39, 0.29) is 11.8 Å². The van der Waals surface area contributed by atoms with Gasteiger partial charge >= 0.3 is 0 Å². The van der Waals surface area contributed by atoms with E-state index >= 15 is 0 Å². The minimum absolute atomic E-state index is 0.00926. The molecule has 3 heteroatoms. The lowest BCUT2D eigenvalue weighted by molar-refractivity contribution is -0.120. The molecule has 2 N–H and O–H groups in total. The van der Waals surface area contributed by atoms with Crippen LogP contribution in [-0.4, -0.2) is 17.4 Å².